The van der Waals surface area contributed by atoms with E-state index < -0.39 is 0 Å². The quantitative estimate of drug-likeness (QED) is 0.748. The van der Waals surface area contributed by atoms with Gasteiger partial charge in [-0.25, -0.2) is 0 Å². The molecule has 2 amide bonds. The monoisotopic (exact) mass is 318 g/mol. The lowest BCUT2D eigenvalue weighted by atomic mass is 10.0. The second-order valence-corrected chi connectivity index (χ2v) is 6.08. The molecule has 1 aliphatic heterocycles. The van der Waals surface area contributed by atoms with Gasteiger partial charge >= 0.3 is 0 Å². The first kappa shape index (κ1) is 14.7. The van der Waals surface area contributed by atoms with Gasteiger partial charge in [0.15, 0.2) is 0 Å². The summed E-state index contributed by atoms with van der Waals surface area (Å²) in [5.41, 5.74) is 4.41. The van der Waals surface area contributed by atoms with Crippen LogP contribution >= 0.6 is 0 Å². The Labute approximate surface area is 140 Å². The van der Waals surface area contributed by atoms with Gasteiger partial charge in [-0.1, -0.05) is 48.5 Å². The van der Waals surface area contributed by atoms with Gasteiger partial charge < -0.3 is 4.98 Å². The van der Waals surface area contributed by atoms with Crippen molar-refractivity contribution in [1.82, 2.24) is 9.88 Å². The number of amides is 2. The fourth-order valence-electron chi connectivity index (χ4n) is 3.41. The second-order valence-electron chi connectivity index (χ2n) is 6.08. The van der Waals surface area contributed by atoms with Crippen LogP contribution < -0.4 is 0 Å². The fraction of sp³-hybridized carbons (Fsp3) is 0.200. The van der Waals surface area contributed by atoms with Crippen LogP contribution in [0.25, 0.3) is 22.2 Å². The maximum atomic E-state index is 11.9. The molecule has 0 radical (unpaired) electrons. The molecule has 1 aromatic heterocycles. The van der Waals surface area contributed by atoms with Crippen LogP contribution in [0, 0.1) is 0 Å². The number of hydrogen-bond acceptors (Lipinski definition) is 2. The van der Waals surface area contributed by atoms with E-state index in [0.717, 1.165) is 27.7 Å². The van der Waals surface area contributed by atoms with E-state index in [-0.39, 0.29) is 11.8 Å². The van der Waals surface area contributed by atoms with Gasteiger partial charge in [0.2, 0.25) is 11.8 Å². The van der Waals surface area contributed by atoms with Crippen LogP contribution in [0.4, 0.5) is 0 Å². The molecule has 4 nitrogen and oxygen atoms in total. The molecule has 1 N–H and O–H groups in total. The molecule has 3 aromatic rings. The molecule has 0 atom stereocenters. The molecular formula is C20H18N2O2. The number of benzene rings is 2. The zero-order chi connectivity index (χ0) is 16.5. The summed E-state index contributed by atoms with van der Waals surface area (Å²) in [6.45, 7) is 0.444. The number of carbonyl (C=O) groups excluding carboxylic acids is 2. The second kappa shape index (κ2) is 5.96. The predicted octanol–water partition coefficient (Wildman–Crippen LogP) is 3.53. The molecule has 4 rings (SSSR count). The van der Waals surface area contributed by atoms with Crippen LogP contribution in [0.2, 0.25) is 0 Å². The van der Waals surface area contributed by atoms with E-state index in [1.54, 1.807) is 0 Å². The molecule has 2 heterocycles. The molecule has 4 heteroatoms. The third-order valence-electron chi connectivity index (χ3n) is 4.62. The first-order valence-electron chi connectivity index (χ1n) is 8.22. The average Bonchev–Trinajstić information content (AvgIpc) is 3.14. The van der Waals surface area contributed by atoms with Crippen molar-refractivity contribution in [1.29, 1.82) is 0 Å². The Bertz CT molecular complexity index is 896. The van der Waals surface area contributed by atoms with E-state index in [1.807, 2.05) is 30.3 Å². The molecule has 1 saturated heterocycles. The third kappa shape index (κ3) is 2.50. The van der Waals surface area contributed by atoms with Crippen molar-refractivity contribution in [2.24, 2.45) is 0 Å². The minimum Gasteiger partial charge on any atom is -0.354 e. The lowest BCUT2D eigenvalue weighted by Crippen LogP contribution is -2.31. The topological polar surface area (TPSA) is 53.2 Å². The summed E-state index contributed by atoms with van der Waals surface area (Å²) < 4.78 is 0. The van der Waals surface area contributed by atoms with Crippen molar-refractivity contribution in [2.75, 3.05) is 6.54 Å². The minimum atomic E-state index is -0.0545. The molecule has 0 bridgehead atoms. The number of rotatable bonds is 4. The zero-order valence-electron chi connectivity index (χ0n) is 13.3. The number of likely N-dealkylation sites (tertiary alicyclic amines) is 1. The van der Waals surface area contributed by atoms with Gasteiger partial charge in [0.25, 0.3) is 0 Å². The van der Waals surface area contributed by atoms with Gasteiger partial charge in [0, 0.05) is 36.0 Å². The number of nitrogens with zero attached hydrogens (tertiary/aromatic N) is 1. The molecule has 0 unspecified atom stereocenters. The summed E-state index contributed by atoms with van der Waals surface area (Å²) in [6, 6.07) is 18.3. The summed E-state index contributed by atoms with van der Waals surface area (Å²) in [7, 11) is 0. The van der Waals surface area contributed by atoms with Crippen molar-refractivity contribution in [3.8, 4) is 11.3 Å². The van der Waals surface area contributed by atoms with Crippen molar-refractivity contribution < 1.29 is 9.59 Å². The number of hydrogen-bond donors (Lipinski definition) is 1. The largest absolute Gasteiger partial charge is 0.354 e. The van der Waals surface area contributed by atoms with Crippen molar-refractivity contribution in [3.05, 3.63) is 60.2 Å². The Balaban J connectivity index is 1.73. The SMILES string of the molecule is O=C1CCC(=O)N1CCc1c(-c2ccccc2)[nH]c2ccccc12. The smallest absolute Gasteiger partial charge is 0.229 e. The van der Waals surface area contributed by atoms with Crippen molar-refractivity contribution in [3.63, 3.8) is 0 Å². The zero-order valence-corrected chi connectivity index (χ0v) is 13.3. The van der Waals surface area contributed by atoms with E-state index in [9.17, 15) is 9.59 Å². The van der Waals surface area contributed by atoms with Crippen LogP contribution in [0.5, 0.6) is 0 Å². The fourth-order valence-corrected chi connectivity index (χ4v) is 3.41. The lowest BCUT2D eigenvalue weighted by molar-refractivity contribution is -0.138. The number of nitrogens with one attached hydrogen (secondary N) is 1. The standard InChI is InChI=1S/C20H18N2O2/c23-18-10-11-19(24)22(18)13-12-16-15-8-4-5-9-17(15)21-20(16)14-6-2-1-3-7-14/h1-9,21H,10-13H2. The van der Waals surface area contributed by atoms with Gasteiger partial charge in [0.05, 0.1) is 0 Å². The van der Waals surface area contributed by atoms with Gasteiger partial charge in [-0.05, 0) is 23.6 Å². The molecule has 0 saturated carbocycles. The number of H-pyrrole nitrogens is 1. The highest BCUT2D eigenvalue weighted by molar-refractivity contribution is 6.02. The number of carbonyl (C=O) groups is 2. The Kier molecular flexibility index (Phi) is 3.65. The molecular weight excluding hydrogens is 300 g/mol. The van der Waals surface area contributed by atoms with E-state index in [1.165, 1.54) is 4.90 Å². The highest BCUT2D eigenvalue weighted by atomic mass is 16.2. The van der Waals surface area contributed by atoms with Crippen LogP contribution in [0.3, 0.4) is 0 Å². The maximum absolute atomic E-state index is 11.9. The number of fused-ring (bicyclic) bond motifs is 1. The maximum Gasteiger partial charge on any atom is 0.229 e. The van der Waals surface area contributed by atoms with E-state index in [4.69, 9.17) is 0 Å². The van der Waals surface area contributed by atoms with Gasteiger partial charge in [-0.3, -0.25) is 14.5 Å². The summed E-state index contributed by atoms with van der Waals surface area (Å²) in [5, 5.41) is 1.15. The molecule has 1 fully saturated rings. The number of aromatic amines is 1. The molecule has 0 aliphatic carbocycles. The average molecular weight is 318 g/mol. The molecule has 0 spiro atoms. The lowest BCUT2D eigenvalue weighted by Gasteiger charge is -2.14. The molecule has 2 aromatic carbocycles. The number of aromatic nitrogens is 1. The Morgan fingerprint density at radius 3 is 2.29 bits per heavy atom. The van der Waals surface area contributed by atoms with Gasteiger partial charge in [-0.2, -0.15) is 0 Å². The molecule has 1 aliphatic rings. The Morgan fingerprint density at radius 1 is 0.875 bits per heavy atom. The molecule has 120 valence electrons. The molecule has 24 heavy (non-hydrogen) atoms. The highest BCUT2D eigenvalue weighted by Gasteiger charge is 2.28. The van der Waals surface area contributed by atoms with Crippen LogP contribution in [-0.2, 0) is 16.0 Å². The first-order chi connectivity index (χ1) is 11.7. The van der Waals surface area contributed by atoms with E-state index >= 15 is 0 Å². The summed E-state index contributed by atoms with van der Waals surface area (Å²) in [6.07, 6.45) is 1.35. The normalized spacial score (nSPS) is 14.8. The predicted molar refractivity (Wildman–Crippen MR) is 93.4 cm³/mol. The summed E-state index contributed by atoms with van der Waals surface area (Å²) in [5.74, 6) is -0.109. The van der Waals surface area contributed by atoms with Crippen LogP contribution in [0.1, 0.15) is 18.4 Å². The minimum absolute atomic E-state index is 0.0545. The van der Waals surface area contributed by atoms with Crippen molar-refractivity contribution in [2.45, 2.75) is 19.3 Å². The Hall–Kier alpha value is -2.88. The summed E-state index contributed by atoms with van der Waals surface area (Å²) in [4.78, 5) is 28.6. The van der Waals surface area contributed by atoms with E-state index in [2.05, 4.69) is 29.2 Å². The van der Waals surface area contributed by atoms with Crippen LogP contribution in [0.15, 0.2) is 54.6 Å². The van der Waals surface area contributed by atoms with Crippen LogP contribution in [-0.4, -0.2) is 28.2 Å². The number of imide groups is 1. The number of para-hydroxylation sites is 1. The van der Waals surface area contributed by atoms with Gasteiger partial charge in [0.1, 0.15) is 0 Å². The highest BCUT2D eigenvalue weighted by Crippen LogP contribution is 2.31. The van der Waals surface area contributed by atoms with Crippen molar-refractivity contribution >= 4 is 22.7 Å². The third-order valence-corrected chi connectivity index (χ3v) is 4.62. The summed E-state index contributed by atoms with van der Waals surface area (Å²) >= 11 is 0. The van der Waals surface area contributed by atoms with E-state index in [0.29, 0.717) is 25.8 Å². The Morgan fingerprint density at radius 2 is 1.54 bits per heavy atom. The first-order valence-corrected chi connectivity index (χ1v) is 8.22. The van der Waals surface area contributed by atoms with Gasteiger partial charge in [-0.15, -0.1) is 0 Å².